The molecule has 1 N–H and O–H groups in total. The van der Waals surface area contributed by atoms with Gasteiger partial charge >= 0.3 is 0 Å². The minimum Gasteiger partial charge on any atom is -0.461 e. The lowest BCUT2D eigenvalue weighted by Crippen LogP contribution is -2.66. The van der Waals surface area contributed by atoms with E-state index >= 15 is 0 Å². The zero-order valence-corrected chi connectivity index (χ0v) is 16.7. The van der Waals surface area contributed by atoms with E-state index in [9.17, 15) is 9.59 Å². The van der Waals surface area contributed by atoms with Crippen LogP contribution in [-0.4, -0.2) is 32.2 Å². The molecule has 2 rings (SSSR count). The summed E-state index contributed by atoms with van der Waals surface area (Å²) in [7, 11) is -1.97. The number of hydrogen-bond donors (Lipinski definition) is 1. The number of rotatable bonds is 6. The molecule has 0 aliphatic carbocycles. The number of nitrogens with one attached hydrogen (secondary N) is 1. The number of β-lactam (4-membered cyclic amide) rings is 1. The summed E-state index contributed by atoms with van der Waals surface area (Å²) in [6, 6.07) is 3.14. The quantitative estimate of drug-likeness (QED) is 0.483. The van der Waals surface area contributed by atoms with Gasteiger partial charge in [0.25, 0.3) is 0 Å². The van der Waals surface area contributed by atoms with Crippen molar-refractivity contribution in [1.29, 1.82) is 0 Å². The highest BCUT2D eigenvalue weighted by molar-refractivity contribution is 6.74. The van der Waals surface area contributed by atoms with Gasteiger partial charge in [-0.1, -0.05) is 27.7 Å². The summed E-state index contributed by atoms with van der Waals surface area (Å²) >= 11 is 0. The lowest BCUT2D eigenvalue weighted by Gasteiger charge is -2.46. The number of amides is 1. The van der Waals surface area contributed by atoms with Crippen LogP contribution in [0.15, 0.2) is 22.8 Å². The number of ketones is 1. The van der Waals surface area contributed by atoms with Crippen LogP contribution in [-0.2, 0) is 9.22 Å². The summed E-state index contributed by atoms with van der Waals surface area (Å²) in [4.78, 5) is 24.6. The van der Waals surface area contributed by atoms with Crippen LogP contribution in [0.2, 0.25) is 18.1 Å². The van der Waals surface area contributed by atoms with Crippen molar-refractivity contribution in [2.75, 3.05) is 0 Å². The lowest BCUT2D eigenvalue weighted by atomic mass is 9.77. The zero-order valence-electron chi connectivity index (χ0n) is 15.7. The minimum atomic E-state index is -1.97. The Morgan fingerprint density at radius 1 is 1.33 bits per heavy atom. The molecule has 1 aliphatic heterocycles. The molecule has 0 radical (unpaired) electrons. The molecule has 1 aromatic rings. The summed E-state index contributed by atoms with van der Waals surface area (Å²) in [6.07, 6.45) is 1.27. The van der Waals surface area contributed by atoms with Crippen molar-refractivity contribution >= 4 is 20.0 Å². The predicted molar refractivity (Wildman–Crippen MR) is 95.4 cm³/mol. The maximum absolute atomic E-state index is 12.5. The molecule has 1 amide bonds. The van der Waals surface area contributed by atoms with E-state index in [4.69, 9.17) is 8.84 Å². The average molecular weight is 352 g/mol. The fourth-order valence-corrected chi connectivity index (χ4v) is 4.31. The first-order chi connectivity index (χ1) is 11.0. The number of hydrogen-bond acceptors (Lipinski definition) is 4. The highest BCUT2D eigenvalue weighted by Crippen LogP contribution is 2.39. The smallest absolute Gasteiger partial charge is 0.228 e. The van der Waals surface area contributed by atoms with Crippen molar-refractivity contribution in [3.05, 3.63) is 24.2 Å². The Morgan fingerprint density at radius 3 is 2.42 bits per heavy atom. The van der Waals surface area contributed by atoms with Gasteiger partial charge in [0.15, 0.2) is 14.1 Å². The molecule has 6 heteroatoms. The summed E-state index contributed by atoms with van der Waals surface area (Å²) in [6.45, 7) is 14.6. The van der Waals surface area contributed by atoms with Crippen LogP contribution in [0.4, 0.5) is 0 Å². The van der Waals surface area contributed by atoms with Crippen LogP contribution in [0.25, 0.3) is 0 Å². The van der Waals surface area contributed by atoms with E-state index in [0.29, 0.717) is 5.76 Å². The van der Waals surface area contributed by atoms with Gasteiger partial charge < -0.3 is 14.2 Å². The van der Waals surface area contributed by atoms with Crippen LogP contribution >= 0.6 is 0 Å². The molecule has 0 aromatic carbocycles. The summed E-state index contributed by atoms with van der Waals surface area (Å²) in [5.41, 5.74) is 0. The molecule has 134 valence electrons. The molecule has 2 unspecified atom stereocenters. The maximum atomic E-state index is 12.5. The van der Waals surface area contributed by atoms with Gasteiger partial charge in [0, 0.05) is 5.92 Å². The Morgan fingerprint density at radius 2 is 1.96 bits per heavy atom. The topological polar surface area (TPSA) is 68.5 Å². The Labute approximate surface area is 145 Å². The molecular weight excluding hydrogens is 322 g/mol. The standard InChI is InChI=1S/C18H29NO4Si/c1-11(16(20)13-9-8-10-22-13)15-14(17(21)19-15)12(2)23-24(6,7)18(3,4)5/h8-12,14-15H,1-7H3,(H,19,21)/t11?,12?,14-,15+/m1/s1. The monoisotopic (exact) mass is 351 g/mol. The van der Waals surface area contributed by atoms with Crippen molar-refractivity contribution in [3.8, 4) is 0 Å². The molecule has 0 saturated carbocycles. The van der Waals surface area contributed by atoms with Gasteiger partial charge in [-0.2, -0.15) is 0 Å². The van der Waals surface area contributed by atoms with E-state index in [1.165, 1.54) is 6.26 Å². The molecule has 0 spiro atoms. The van der Waals surface area contributed by atoms with Crippen molar-refractivity contribution < 1.29 is 18.4 Å². The van der Waals surface area contributed by atoms with E-state index < -0.39 is 8.32 Å². The maximum Gasteiger partial charge on any atom is 0.228 e. The molecule has 1 fully saturated rings. The first kappa shape index (κ1) is 18.9. The number of carbonyl (C=O) groups excluding carboxylic acids is 2. The highest BCUT2D eigenvalue weighted by atomic mass is 28.4. The van der Waals surface area contributed by atoms with Gasteiger partial charge in [-0.05, 0) is 37.2 Å². The SMILES string of the molecule is CC(O[Si](C)(C)C(C)(C)C)[C@H]1C(=O)N[C@H]1C(C)C(=O)c1ccco1. The molecule has 1 saturated heterocycles. The minimum absolute atomic E-state index is 0.0368. The van der Waals surface area contributed by atoms with Gasteiger partial charge in [-0.15, -0.1) is 0 Å². The number of furan rings is 1. The molecule has 24 heavy (non-hydrogen) atoms. The van der Waals surface area contributed by atoms with E-state index in [2.05, 4.69) is 39.2 Å². The van der Waals surface area contributed by atoms with Crippen LogP contribution in [0.1, 0.15) is 45.2 Å². The molecule has 1 aromatic heterocycles. The van der Waals surface area contributed by atoms with Gasteiger partial charge in [0.05, 0.1) is 24.3 Å². The zero-order chi connectivity index (χ0) is 18.3. The fraction of sp³-hybridized carbons (Fsp3) is 0.667. The van der Waals surface area contributed by atoms with Crippen LogP contribution in [0.5, 0.6) is 0 Å². The average Bonchev–Trinajstić information content (AvgIpc) is 2.95. The second-order valence-electron chi connectivity index (χ2n) is 8.27. The summed E-state index contributed by atoms with van der Waals surface area (Å²) in [5, 5.41) is 2.95. The molecule has 1 aliphatic rings. The normalized spacial score (nSPS) is 24.0. The van der Waals surface area contributed by atoms with Crippen molar-refractivity contribution in [3.63, 3.8) is 0 Å². The number of carbonyl (C=O) groups is 2. The molecular formula is C18H29NO4Si. The largest absolute Gasteiger partial charge is 0.461 e. The van der Waals surface area contributed by atoms with E-state index in [1.807, 2.05) is 13.8 Å². The van der Waals surface area contributed by atoms with E-state index in [0.717, 1.165) is 0 Å². The molecule has 4 atom stereocenters. The molecule has 5 nitrogen and oxygen atoms in total. The predicted octanol–water partition coefficient (Wildman–Crippen LogP) is 3.62. The van der Waals surface area contributed by atoms with E-state index in [1.54, 1.807) is 12.1 Å². The van der Waals surface area contributed by atoms with Crippen LogP contribution < -0.4 is 5.32 Å². The second kappa shape index (κ2) is 6.48. The van der Waals surface area contributed by atoms with Crippen molar-refractivity contribution in [2.45, 2.75) is 64.9 Å². The van der Waals surface area contributed by atoms with Crippen molar-refractivity contribution in [1.82, 2.24) is 5.32 Å². The summed E-state index contributed by atoms with van der Waals surface area (Å²) in [5.74, 6) is -0.433. The Hall–Kier alpha value is -1.40. The summed E-state index contributed by atoms with van der Waals surface area (Å²) < 4.78 is 11.6. The third-order valence-corrected chi connectivity index (χ3v) is 10.1. The second-order valence-corrected chi connectivity index (χ2v) is 13.0. The van der Waals surface area contributed by atoms with Gasteiger partial charge in [-0.3, -0.25) is 9.59 Å². The lowest BCUT2D eigenvalue weighted by molar-refractivity contribution is -0.141. The highest BCUT2D eigenvalue weighted by Gasteiger charge is 2.50. The first-order valence-electron chi connectivity index (χ1n) is 8.51. The molecule has 0 bridgehead atoms. The Bertz CT molecular complexity index is 603. The van der Waals surface area contributed by atoms with Crippen molar-refractivity contribution in [2.24, 2.45) is 11.8 Å². The van der Waals surface area contributed by atoms with Gasteiger partial charge in [-0.25, -0.2) is 0 Å². The fourth-order valence-electron chi connectivity index (χ4n) is 2.88. The third-order valence-electron chi connectivity index (χ3n) is 5.51. The number of Topliss-reactive ketones (excluding diaryl/α,β-unsaturated/α-hetero) is 1. The van der Waals surface area contributed by atoms with Crippen LogP contribution in [0, 0.1) is 11.8 Å². The van der Waals surface area contributed by atoms with Gasteiger partial charge in [0.2, 0.25) is 11.7 Å². The third kappa shape index (κ3) is 3.49. The van der Waals surface area contributed by atoms with Crippen LogP contribution in [0.3, 0.4) is 0 Å². The molecule has 2 heterocycles. The Balaban J connectivity index is 2.09. The van der Waals surface area contributed by atoms with Gasteiger partial charge in [0.1, 0.15) is 0 Å². The van der Waals surface area contributed by atoms with E-state index in [-0.39, 0.29) is 40.7 Å². The first-order valence-corrected chi connectivity index (χ1v) is 11.4. The Kier molecular flexibility index (Phi) is 5.11.